The van der Waals surface area contributed by atoms with E-state index in [2.05, 4.69) is 38.0 Å². The van der Waals surface area contributed by atoms with E-state index in [0.29, 0.717) is 31.2 Å². The Morgan fingerprint density at radius 3 is 2.65 bits per heavy atom. The van der Waals surface area contributed by atoms with E-state index in [1.165, 1.54) is 9.87 Å². The Morgan fingerprint density at radius 2 is 2.00 bits per heavy atom. The number of nitrogens with zero attached hydrogens (tertiary/aromatic N) is 4. The zero-order chi connectivity index (χ0) is 21.1. The summed E-state index contributed by atoms with van der Waals surface area (Å²) in [4.78, 5) is 9.51. The van der Waals surface area contributed by atoms with Crippen molar-refractivity contribution in [2.45, 2.75) is 5.03 Å². The molecule has 4 heterocycles. The summed E-state index contributed by atoms with van der Waals surface area (Å²) in [5, 5.41) is 10.9. The number of rotatable bonds is 3. The van der Waals surface area contributed by atoms with Gasteiger partial charge in [-0.05, 0) is 37.4 Å². The maximum absolute atomic E-state index is 12.5. The van der Waals surface area contributed by atoms with Gasteiger partial charge in [0, 0.05) is 29.5 Å². The molecule has 0 spiro atoms. The van der Waals surface area contributed by atoms with E-state index in [1.807, 2.05) is 6.07 Å². The van der Waals surface area contributed by atoms with Gasteiger partial charge in [-0.3, -0.25) is 4.99 Å². The number of hydrogen-bond donors (Lipinski definition) is 1. The van der Waals surface area contributed by atoms with Gasteiger partial charge in [-0.2, -0.15) is 11.4 Å². The smallest absolute Gasteiger partial charge is 0.660 e. The largest absolute Gasteiger partial charge is 2.00 e. The monoisotopic (exact) mass is 514 g/mol. The van der Waals surface area contributed by atoms with Gasteiger partial charge in [0.25, 0.3) is 10.0 Å². The molecule has 0 amide bonds. The normalized spacial score (nSPS) is 17.1. The van der Waals surface area contributed by atoms with Crippen molar-refractivity contribution in [3.63, 3.8) is 0 Å². The first-order chi connectivity index (χ1) is 14.4. The van der Waals surface area contributed by atoms with Crippen LogP contribution in [0.25, 0.3) is 16.2 Å². The molecule has 1 aromatic carbocycles. The van der Waals surface area contributed by atoms with Crippen LogP contribution in [-0.2, 0) is 28.6 Å². The van der Waals surface area contributed by atoms with Crippen molar-refractivity contribution in [1.82, 2.24) is 14.2 Å². The number of halogens is 1. The summed E-state index contributed by atoms with van der Waals surface area (Å²) in [5.41, 5.74) is 1.97. The number of hydrogen-bond acceptors (Lipinski definition) is 5. The number of aliphatic imine (C=N–C) groups is 1. The van der Waals surface area contributed by atoms with E-state index < -0.39 is 10.0 Å². The van der Waals surface area contributed by atoms with Crippen LogP contribution >= 0.6 is 22.9 Å². The van der Waals surface area contributed by atoms with E-state index in [-0.39, 0.29) is 23.6 Å². The van der Waals surface area contributed by atoms with Crippen molar-refractivity contribution in [3.8, 4) is 0 Å². The first-order valence-electron chi connectivity index (χ1n) is 9.57. The van der Waals surface area contributed by atoms with Gasteiger partial charge in [-0.15, -0.1) is 24.0 Å². The van der Waals surface area contributed by atoms with Crippen molar-refractivity contribution in [2.75, 3.05) is 46.3 Å². The maximum Gasteiger partial charge on any atom is 2.00 e. The molecule has 5 rings (SSSR count). The predicted octanol–water partition coefficient (Wildman–Crippen LogP) is 3.44. The second kappa shape index (κ2) is 10.5. The molecule has 0 unspecified atom stereocenters. The van der Waals surface area contributed by atoms with Crippen LogP contribution < -0.4 is 0 Å². The zero-order valence-corrected chi connectivity index (χ0v) is 20.7. The van der Waals surface area contributed by atoms with Gasteiger partial charge in [0.2, 0.25) is 0 Å². The molecular weight excluding hydrogens is 493 g/mol. The quantitative estimate of drug-likeness (QED) is 0.544. The van der Waals surface area contributed by atoms with Crippen molar-refractivity contribution < 1.29 is 27.0 Å². The fourth-order valence-electron chi connectivity index (χ4n) is 3.37. The van der Waals surface area contributed by atoms with Crippen molar-refractivity contribution in [3.05, 3.63) is 57.0 Å². The second-order valence-corrected chi connectivity index (χ2v) is 10.1. The Balaban J connectivity index is 0.000000194. The summed E-state index contributed by atoms with van der Waals surface area (Å²) < 4.78 is 26.4. The molecule has 163 valence electrons. The number of benzene rings is 1. The van der Waals surface area contributed by atoms with E-state index in [0.717, 1.165) is 29.8 Å². The maximum atomic E-state index is 12.5. The molecule has 1 saturated heterocycles. The van der Waals surface area contributed by atoms with Crippen LogP contribution in [-0.4, -0.2) is 74.8 Å². The van der Waals surface area contributed by atoms with Crippen LogP contribution in [0.5, 0.6) is 0 Å². The number of aromatic nitrogens is 1. The minimum atomic E-state index is -3.46. The van der Waals surface area contributed by atoms with Gasteiger partial charge in [0.15, 0.2) is 0 Å². The summed E-state index contributed by atoms with van der Waals surface area (Å²) >= 11 is 7.50. The first-order valence-corrected chi connectivity index (χ1v) is 12.3. The number of fused-ring (bicyclic) bond motifs is 1. The molecule has 1 fully saturated rings. The summed E-state index contributed by atoms with van der Waals surface area (Å²) in [6.45, 7) is 3.99. The third-order valence-electron chi connectivity index (χ3n) is 4.98. The van der Waals surface area contributed by atoms with Crippen LogP contribution in [0.15, 0.2) is 45.7 Å². The topological polar surface area (TPSA) is 82.9 Å². The standard InChI is InChI=1S/C12H13ClN3O2S.C8H9N2S.V/c13-10-1-2-11-9(7-10)8-12(15-11)19(17,18)16-5-3-14-4-6-16;1-10-4-3-9-8(10)7-2-5-11-6-7;/h1-2,7-8,15H,3-6H2;2,6H,3-4H2,1H3;/q2*-1;+2. The zero-order valence-electron chi connectivity index (χ0n) is 17.0. The van der Waals surface area contributed by atoms with E-state index >= 15 is 0 Å². The first kappa shape index (κ1) is 24.3. The Morgan fingerprint density at radius 1 is 1.23 bits per heavy atom. The summed E-state index contributed by atoms with van der Waals surface area (Å²) in [6.07, 6.45) is 0. The molecule has 0 aliphatic carbocycles. The van der Waals surface area contributed by atoms with E-state index in [1.54, 1.807) is 35.6 Å². The van der Waals surface area contributed by atoms with E-state index in [9.17, 15) is 8.42 Å². The number of piperazine rings is 1. The van der Waals surface area contributed by atoms with Gasteiger partial charge < -0.3 is 26.5 Å². The number of thiophene rings is 1. The minimum Gasteiger partial charge on any atom is -0.660 e. The number of sulfonamides is 1. The molecule has 0 saturated carbocycles. The summed E-state index contributed by atoms with van der Waals surface area (Å²) in [6, 6.07) is 8.88. The molecule has 0 bridgehead atoms. The molecule has 31 heavy (non-hydrogen) atoms. The van der Waals surface area contributed by atoms with Gasteiger partial charge in [0.1, 0.15) is 5.03 Å². The van der Waals surface area contributed by atoms with Gasteiger partial charge in [-0.25, -0.2) is 12.7 Å². The van der Waals surface area contributed by atoms with Gasteiger partial charge >= 0.3 is 18.6 Å². The van der Waals surface area contributed by atoms with Crippen molar-refractivity contribution in [1.29, 1.82) is 0 Å². The Hall–Kier alpha value is -1.33. The minimum absolute atomic E-state index is 0. The second-order valence-electron chi connectivity index (χ2n) is 7.02. The van der Waals surface area contributed by atoms with Gasteiger partial charge in [-0.1, -0.05) is 11.6 Å². The number of likely N-dealkylation sites (N-methyl/N-ethyl adjacent to an activating group) is 1. The van der Waals surface area contributed by atoms with E-state index in [4.69, 9.17) is 11.6 Å². The SMILES string of the molecule is CN1CCN=C1c1c[c-]sc1.O=S(=O)(c1cc2cc(Cl)ccc2[nH]1)N1CC[N-]CC1.[V+2]. The van der Waals surface area contributed by atoms with Gasteiger partial charge in [0.05, 0.1) is 12.4 Å². The predicted molar refractivity (Wildman–Crippen MR) is 122 cm³/mol. The summed E-state index contributed by atoms with van der Waals surface area (Å²) in [7, 11) is -1.39. The van der Waals surface area contributed by atoms with Crippen LogP contribution in [0.4, 0.5) is 0 Å². The number of amidine groups is 1. The average molecular weight is 515 g/mol. The fraction of sp³-hybridized carbons (Fsp3) is 0.350. The molecule has 1 radical (unpaired) electrons. The fourth-order valence-corrected chi connectivity index (χ4v) is 5.55. The molecule has 2 aliphatic heterocycles. The van der Waals surface area contributed by atoms with Crippen LogP contribution in [0.3, 0.4) is 0 Å². The molecule has 2 aromatic heterocycles. The van der Waals surface area contributed by atoms with Crippen molar-refractivity contribution in [2.24, 2.45) is 4.99 Å². The molecule has 1 N–H and O–H groups in total. The Kier molecular flexibility index (Phi) is 8.26. The number of H-pyrrole nitrogens is 1. The van der Waals surface area contributed by atoms with Crippen LogP contribution in [0.1, 0.15) is 5.56 Å². The summed E-state index contributed by atoms with van der Waals surface area (Å²) in [5.74, 6) is 1.11. The van der Waals surface area contributed by atoms with Crippen LogP contribution in [0, 0.1) is 5.38 Å². The molecule has 0 atom stereocenters. The molecule has 2 aliphatic rings. The third-order valence-corrected chi connectivity index (χ3v) is 7.66. The average Bonchev–Trinajstić information content (AvgIpc) is 3.49. The Bertz CT molecular complexity index is 1140. The van der Waals surface area contributed by atoms with Crippen molar-refractivity contribution >= 4 is 49.7 Å². The third kappa shape index (κ3) is 5.54. The number of nitrogens with one attached hydrogen (secondary N) is 1. The Labute approximate surface area is 203 Å². The molecule has 7 nitrogen and oxygen atoms in total. The molecule has 11 heteroatoms. The van der Waals surface area contributed by atoms with Crippen LogP contribution in [0.2, 0.25) is 5.02 Å². The molecular formula is C20H22ClN5O2S2V. The number of aromatic amines is 1. The molecule has 3 aromatic rings.